The SMILES string of the molecule is CC1CCC(CN)(C2(O)CC3CCC2C3)C1. The molecule has 0 heterocycles. The quantitative estimate of drug-likeness (QED) is 0.754. The van der Waals surface area contributed by atoms with Crippen LogP contribution < -0.4 is 5.73 Å². The molecule has 92 valence electrons. The molecule has 0 amide bonds. The Bertz CT molecular complexity index is 290. The van der Waals surface area contributed by atoms with Gasteiger partial charge in [0.05, 0.1) is 5.60 Å². The average molecular weight is 223 g/mol. The van der Waals surface area contributed by atoms with Crippen molar-refractivity contribution >= 4 is 0 Å². The molecule has 3 aliphatic rings. The van der Waals surface area contributed by atoms with E-state index in [0.717, 1.165) is 31.1 Å². The van der Waals surface area contributed by atoms with Crippen molar-refractivity contribution in [3.05, 3.63) is 0 Å². The van der Waals surface area contributed by atoms with E-state index in [1.54, 1.807) is 0 Å². The third kappa shape index (κ3) is 1.26. The van der Waals surface area contributed by atoms with Gasteiger partial charge in [0.2, 0.25) is 0 Å². The summed E-state index contributed by atoms with van der Waals surface area (Å²) in [5.74, 6) is 2.12. The van der Waals surface area contributed by atoms with Crippen molar-refractivity contribution in [3.63, 3.8) is 0 Å². The van der Waals surface area contributed by atoms with Crippen molar-refractivity contribution in [1.82, 2.24) is 0 Å². The first-order valence-corrected chi connectivity index (χ1v) is 7.02. The molecular formula is C14H25NO. The van der Waals surface area contributed by atoms with E-state index in [9.17, 15) is 5.11 Å². The van der Waals surface area contributed by atoms with Crippen LogP contribution >= 0.6 is 0 Å². The number of nitrogens with two attached hydrogens (primary N) is 1. The van der Waals surface area contributed by atoms with Gasteiger partial charge in [-0.2, -0.15) is 0 Å². The fraction of sp³-hybridized carbons (Fsp3) is 1.00. The summed E-state index contributed by atoms with van der Waals surface area (Å²) in [5.41, 5.74) is 5.72. The molecule has 0 aliphatic heterocycles. The molecule has 3 fully saturated rings. The highest BCUT2D eigenvalue weighted by Gasteiger charge is 2.61. The van der Waals surface area contributed by atoms with Gasteiger partial charge >= 0.3 is 0 Å². The van der Waals surface area contributed by atoms with E-state index in [2.05, 4.69) is 6.92 Å². The van der Waals surface area contributed by atoms with Gasteiger partial charge in [-0.25, -0.2) is 0 Å². The van der Waals surface area contributed by atoms with E-state index < -0.39 is 5.60 Å². The molecule has 0 spiro atoms. The Morgan fingerprint density at radius 1 is 1.25 bits per heavy atom. The fourth-order valence-electron chi connectivity index (χ4n) is 5.10. The highest BCUT2D eigenvalue weighted by molar-refractivity contribution is 5.13. The van der Waals surface area contributed by atoms with Crippen LogP contribution in [-0.2, 0) is 0 Å². The number of aliphatic hydroxyl groups is 1. The molecule has 0 aromatic heterocycles. The lowest BCUT2D eigenvalue weighted by Crippen LogP contribution is -2.54. The smallest absolute Gasteiger partial charge is 0.0746 e. The molecule has 16 heavy (non-hydrogen) atoms. The Kier molecular flexibility index (Phi) is 2.38. The average Bonchev–Trinajstić information content (AvgIpc) is 2.92. The van der Waals surface area contributed by atoms with Crippen molar-refractivity contribution in [2.45, 2.75) is 57.5 Å². The number of fused-ring (bicyclic) bond motifs is 2. The largest absolute Gasteiger partial charge is 0.389 e. The maximum atomic E-state index is 11.2. The Labute approximate surface area is 98.6 Å². The molecule has 2 bridgehead atoms. The Hall–Kier alpha value is -0.0800. The standard InChI is InChI=1S/C14H25NO/c1-10-4-5-13(7-10,9-15)14(16)8-11-2-3-12(14)6-11/h10-12,16H,2-9,15H2,1H3. The first-order valence-electron chi connectivity index (χ1n) is 7.02. The van der Waals surface area contributed by atoms with Crippen molar-refractivity contribution in [1.29, 1.82) is 0 Å². The highest BCUT2D eigenvalue weighted by Crippen LogP contribution is 2.62. The van der Waals surface area contributed by atoms with Crippen LogP contribution in [0, 0.1) is 23.2 Å². The van der Waals surface area contributed by atoms with Crippen LogP contribution in [0.5, 0.6) is 0 Å². The zero-order valence-corrected chi connectivity index (χ0v) is 10.4. The lowest BCUT2D eigenvalue weighted by molar-refractivity contribution is -0.118. The molecule has 2 heteroatoms. The van der Waals surface area contributed by atoms with Gasteiger partial charge in [0, 0.05) is 12.0 Å². The first-order chi connectivity index (χ1) is 7.60. The van der Waals surface area contributed by atoms with Gasteiger partial charge in [-0.1, -0.05) is 13.3 Å². The van der Waals surface area contributed by atoms with Crippen LogP contribution in [0.2, 0.25) is 0 Å². The van der Waals surface area contributed by atoms with E-state index in [4.69, 9.17) is 5.73 Å². The summed E-state index contributed by atoms with van der Waals surface area (Å²) < 4.78 is 0. The summed E-state index contributed by atoms with van der Waals surface area (Å²) in [6, 6.07) is 0. The topological polar surface area (TPSA) is 46.2 Å². The van der Waals surface area contributed by atoms with Gasteiger partial charge in [-0.05, 0) is 56.3 Å². The van der Waals surface area contributed by atoms with Gasteiger partial charge in [0.15, 0.2) is 0 Å². The monoisotopic (exact) mass is 223 g/mol. The van der Waals surface area contributed by atoms with E-state index in [-0.39, 0.29) is 5.41 Å². The molecule has 0 saturated heterocycles. The third-order valence-corrected chi connectivity index (χ3v) is 5.98. The molecule has 3 N–H and O–H groups in total. The Morgan fingerprint density at radius 2 is 2.06 bits per heavy atom. The zero-order valence-electron chi connectivity index (χ0n) is 10.4. The lowest BCUT2D eigenvalue weighted by Gasteiger charge is -2.48. The predicted octanol–water partition coefficient (Wildman–Crippen LogP) is 2.30. The van der Waals surface area contributed by atoms with E-state index in [0.29, 0.717) is 12.5 Å². The first kappa shape index (κ1) is 11.0. The van der Waals surface area contributed by atoms with Crippen molar-refractivity contribution in [3.8, 4) is 0 Å². The van der Waals surface area contributed by atoms with Gasteiger partial charge < -0.3 is 10.8 Å². The highest BCUT2D eigenvalue weighted by atomic mass is 16.3. The fourth-order valence-corrected chi connectivity index (χ4v) is 5.10. The van der Waals surface area contributed by atoms with Gasteiger partial charge in [-0.3, -0.25) is 0 Å². The normalized spacial score (nSPS) is 56.1. The van der Waals surface area contributed by atoms with Crippen LogP contribution in [-0.4, -0.2) is 17.3 Å². The molecule has 0 aromatic rings. The molecule has 0 aromatic carbocycles. The zero-order chi connectivity index (χ0) is 11.4. The molecule has 5 unspecified atom stereocenters. The maximum Gasteiger partial charge on any atom is 0.0746 e. The van der Waals surface area contributed by atoms with Crippen LogP contribution in [0.1, 0.15) is 51.9 Å². The Balaban J connectivity index is 1.90. The van der Waals surface area contributed by atoms with E-state index in [1.165, 1.54) is 25.7 Å². The van der Waals surface area contributed by atoms with Crippen LogP contribution in [0.25, 0.3) is 0 Å². The second-order valence-electron chi connectivity index (χ2n) is 6.84. The van der Waals surface area contributed by atoms with Crippen LogP contribution in [0.3, 0.4) is 0 Å². The van der Waals surface area contributed by atoms with Crippen LogP contribution in [0.4, 0.5) is 0 Å². The Morgan fingerprint density at radius 3 is 2.50 bits per heavy atom. The van der Waals surface area contributed by atoms with Gasteiger partial charge in [-0.15, -0.1) is 0 Å². The van der Waals surface area contributed by atoms with Crippen molar-refractivity contribution in [2.75, 3.05) is 6.54 Å². The van der Waals surface area contributed by atoms with Crippen molar-refractivity contribution < 1.29 is 5.11 Å². The molecule has 0 radical (unpaired) electrons. The summed E-state index contributed by atoms with van der Waals surface area (Å²) in [6.07, 6.45) is 8.49. The minimum atomic E-state index is -0.407. The summed E-state index contributed by atoms with van der Waals surface area (Å²) in [5, 5.41) is 11.2. The summed E-state index contributed by atoms with van der Waals surface area (Å²) in [4.78, 5) is 0. The lowest BCUT2D eigenvalue weighted by atomic mass is 9.63. The second kappa shape index (κ2) is 3.46. The number of hydrogen-bond acceptors (Lipinski definition) is 2. The van der Waals surface area contributed by atoms with Crippen LogP contribution in [0.15, 0.2) is 0 Å². The molecule has 2 nitrogen and oxygen atoms in total. The van der Waals surface area contributed by atoms with Crippen molar-refractivity contribution in [2.24, 2.45) is 28.9 Å². The minimum Gasteiger partial charge on any atom is -0.389 e. The maximum absolute atomic E-state index is 11.2. The van der Waals surface area contributed by atoms with Gasteiger partial charge in [0.1, 0.15) is 0 Å². The molecule has 3 saturated carbocycles. The molecule has 3 aliphatic carbocycles. The van der Waals surface area contributed by atoms with E-state index in [1.807, 2.05) is 0 Å². The number of hydrogen-bond donors (Lipinski definition) is 2. The summed E-state index contributed by atoms with van der Waals surface area (Å²) in [6.45, 7) is 3.00. The summed E-state index contributed by atoms with van der Waals surface area (Å²) in [7, 11) is 0. The van der Waals surface area contributed by atoms with Gasteiger partial charge in [0.25, 0.3) is 0 Å². The molecule has 5 atom stereocenters. The minimum absolute atomic E-state index is 0.0618. The second-order valence-corrected chi connectivity index (χ2v) is 6.84. The molecular weight excluding hydrogens is 198 g/mol. The third-order valence-electron chi connectivity index (χ3n) is 5.98. The molecule has 3 rings (SSSR count). The van der Waals surface area contributed by atoms with E-state index >= 15 is 0 Å². The predicted molar refractivity (Wildman–Crippen MR) is 64.9 cm³/mol. The summed E-state index contributed by atoms with van der Waals surface area (Å²) >= 11 is 0. The number of rotatable bonds is 2.